The number of ether oxygens (including phenoxy) is 3. The number of rotatable bonds is 11. The zero-order valence-corrected chi connectivity index (χ0v) is 19.3. The number of aromatic nitrogens is 1. The molecule has 0 unspecified atom stereocenters. The Hall–Kier alpha value is -2.18. The van der Waals surface area contributed by atoms with E-state index in [1.54, 1.807) is 24.4 Å². The third-order valence-corrected chi connectivity index (χ3v) is 5.28. The number of pyridine rings is 1. The van der Waals surface area contributed by atoms with Crippen LogP contribution >= 0.6 is 34.8 Å². The van der Waals surface area contributed by atoms with Gasteiger partial charge < -0.3 is 19.5 Å². The van der Waals surface area contributed by atoms with Gasteiger partial charge in [0.05, 0.1) is 11.6 Å². The summed E-state index contributed by atoms with van der Waals surface area (Å²) in [6.07, 6.45) is 1.70. The largest absolute Gasteiger partial charge is 0.490 e. The maximum Gasteiger partial charge on any atom is 0.213 e. The van der Waals surface area contributed by atoms with Gasteiger partial charge in [0.25, 0.3) is 0 Å². The summed E-state index contributed by atoms with van der Waals surface area (Å²) in [7, 11) is 0. The zero-order chi connectivity index (χ0) is 22.1. The lowest BCUT2D eigenvalue weighted by atomic mass is 10.2. The molecule has 1 heterocycles. The molecule has 1 N–H and O–H groups in total. The summed E-state index contributed by atoms with van der Waals surface area (Å²) in [5.74, 6) is 1.63. The average molecular weight is 482 g/mol. The molecule has 8 heteroatoms. The number of benzene rings is 2. The minimum absolute atomic E-state index is 0.181. The van der Waals surface area contributed by atoms with E-state index in [4.69, 9.17) is 49.0 Å². The Morgan fingerprint density at radius 3 is 2.42 bits per heavy atom. The van der Waals surface area contributed by atoms with Gasteiger partial charge in [-0.05, 0) is 42.8 Å². The van der Waals surface area contributed by atoms with Crippen molar-refractivity contribution in [2.24, 2.45) is 0 Å². The van der Waals surface area contributed by atoms with Crippen LogP contribution in [0.5, 0.6) is 17.4 Å². The normalized spacial score (nSPS) is 10.7. The zero-order valence-electron chi connectivity index (χ0n) is 17.0. The Balaban J connectivity index is 1.60. The molecule has 31 heavy (non-hydrogen) atoms. The highest BCUT2D eigenvalue weighted by Gasteiger charge is 2.15. The molecule has 3 rings (SSSR count). The molecule has 1 aromatic heterocycles. The number of nitrogens with one attached hydrogen (secondary N) is 1. The molecule has 0 bridgehead atoms. The molecule has 0 saturated heterocycles. The van der Waals surface area contributed by atoms with Gasteiger partial charge in [-0.1, -0.05) is 46.9 Å². The molecule has 5 nitrogen and oxygen atoms in total. The van der Waals surface area contributed by atoms with Crippen LogP contribution < -0.4 is 19.5 Å². The quantitative estimate of drug-likeness (QED) is 0.331. The highest BCUT2D eigenvalue weighted by atomic mass is 35.5. The maximum absolute atomic E-state index is 6.50. The Labute approximate surface area is 197 Å². The minimum Gasteiger partial charge on any atom is -0.490 e. The van der Waals surface area contributed by atoms with Crippen LogP contribution in [0.1, 0.15) is 18.1 Å². The van der Waals surface area contributed by atoms with E-state index in [0.29, 0.717) is 64.3 Å². The summed E-state index contributed by atoms with van der Waals surface area (Å²) in [6, 6.07) is 14.6. The summed E-state index contributed by atoms with van der Waals surface area (Å²) in [5, 5.41) is 4.85. The van der Waals surface area contributed by atoms with Gasteiger partial charge in [-0.3, -0.25) is 0 Å². The molecule has 0 fully saturated rings. The van der Waals surface area contributed by atoms with Gasteiger partial charge in [-0.25, -0.2) is 4.98 Å². The van der Waals surface area contributed by atoms with Gasteiger partial charge in [0.15, 0.2) is 11.5 Å². The van der Waals surface area contributed by atoms with Crippen molar-refractivity contribution in [2.75, 3.05) is 19.8 Å². The van der Waals surface area contributed by atoms with Crippen LogP contribution in [0.2, 0.25) is 15.1 Å². The fourth-order valence-corrected chi connectivity index (χ4v) is 3.63. The standard InChI is InChI=1S/C23H23Cl3N2O3/c1-2-29-21-13-16(14-27-10-11-30-22-8-3-4-9-28-22)12-20(26)23(21)31-15-17-18(24)6-5-7-19(17)25/h3-9,12-13,27H,2,10-11,14-15H2,1H3. The van der Waals surface area contributed by atoms with Gasteiger partial charge in [0.2, 0.25) is 5.88 Å². The van der Waals surface area contributed by atoms with E-state index in [-0.39, 0.29) is 6.61 Å². The first-order valence-electron chi connectivity index (χ1n) is 9.84. The summed E-state index contributed by atoms with van der Waals surface area (Å²) in [5.41, 5.74) is 1.66. The predicted octanol–water partition coefficient (Wildman–Crippen LogP) is 6.19. The molecular formula is C23H23Cl3N2O3. The second-order valence-corrected chi connectivity index (χ2v) is 7.74. The van der Waals surface area contributed by atoms with Crippen LogP contribution in [0.3, 0.4) is 0 Å². The molecule has 0 spiro atoms. The van der Waals surface area contributed by atoms with E-state index in [9.17, 15) is 0 Å². The van der Waals surface area contributed by atoms with Crippen molar-refractivity contribution in [3.8, 4) is 17.4 Å². The van der Waals surface area contributed by atoms with Crippen LogP contribution in [-0.4, -0.2) is 24.7 Å². The van der Waals surface area contributed by atoms with Crippen LogP contribution in [0.15, 0.2) is 54.7 Å². The highest BCUT2D eigenvalue weighted by Crippen LogP contribution is 2.38. The molecule has 0 atom stereocenters. The van der Waals surface area contributed by atoms with Crippen molar-refractivity contribution in [2.45, 2.75) is 20.1 Å². The molecule has 0 aliphatic carbocycles. The molecular weight excluding hydrogens is 459 g/mol. The summed E-state index contributed by atoms with van der Waals surface area (Å²) in [6.45, 7) is 4.32. The van der Waals surface area contributed by atoms with Gasteiger partial charge in [0, 0.05) is 41.0 Å². The van der Waals surface area contributed by atoms with E-state index in [1.807, 2.05) is 37.3 Å². The van der Waals surface area contributed by atoms with Crippen LogP contribution in [0.4, 0.5) is 0 Å². The van der Waals surface area contributed by atoms with Gasteiger partial charge in [-0.15, -0.1) is 0 Å². The Kier molecular flexibility index (Phi) is 9.10. The van der Waals surface area contributed by atoms with Crippen LogP contribution in [0, 0.1) is 0 Å². The fourth-order valence-electron chi connectivity index (χ4n) is 2.83. The summed E-state index contributed by atoms with van der Waals surface area (Å²) < 4.78 is 17.3. The highest BCUT2D eigenvalue weighted by molar-refractivity contribution is 6.36. The Morgan fingerprint density at radius 2 is 1.71 bits per heavy atom. The molecule has 2 aromatic carbocycles. The van der Waals surface area contributed by atoms with E-state index >= 15 is 0 Å². The number of hydrogen-bond acceptors (Lipinski definition) is 5. The first-order chi connectivity index (χ1) is 15.1. The first kappa shape index (κ1) is 23.5. The number of nitrogens with zero attached hydrogens (tertiary/aromatic N) is 1. The van der Waals surface area contributed by atoms with Crippen molar-refractivity contribution in [3.63, 3.8) is 0 Å². The third-order valence-electron chi connectivity index (χ3n) is 4.29. The molecule has 0 saturated carbocycles. The maximum atomic E-state index is 6.50. The van der Waals surface area contributed by atoms with Crippen molar-refractivity contribution in [3.05, 3.63) is 80.9 Å². The average Bonchev–Trinajstić information content (AvgIpc) is 2.75. The van der Waals surface area contributed by atoms with Crippen molar-refractivity contribution in [1.29, 1.82) is 0 Å². The van der Waals surface area contributed by atoms with E-state index in [0.717, 1.165) is 5.56 Å². The number of hydrogen-bond donors (Lipinski definition) is 1. The smallest absolute Gasteiger partial charge is 0.213 e. The van der Waals surface area contributed by atoms with Crippen LogP contribution in [0.25, 0.3) is 0 Å². The first-order valence-corrected chi connectivity index (χ1v) is 11.0. The van der Waals surface area contributed by atoms with E-state index in [2.05, 4.69) is 10.3 Å². The van der Waals surface area contributed by atoms with Crippen molar-refractivity contribution < 1.29 is 14.2 Å². The Morgan fingerprint density at radius 1 is 0.903 bits per heavy atom. The number of halogens is 3. The minimum atomic E-state index is 0.181. The molecule has 0 aliphatic rings. The molecule has 0 amide bonds. The predicted molar refractivity (Wildman–Crippen MR) is 125 cm³/mol. The third kappa shape index (κ3) is 6.91. The summed E-state index contributed by atoms with van der Waals surface area (Å²) in [4.78, 5) is 4.12. The van der Waals surface area contributed by atoms with E-state index in [1.165, 1.54) is 0 Å². The summed E-state index contributed by atoms with van der Waals surface area (Å²) >= 11 is 19.0. The van der Waals surface area contributed by atoms with Crippen molar-refractivity contribution >= 4 is 34.8 Å². The van der Waals surface area contributed by atoms with Crippen molar-refractivity contribution in [1.82, 2.24) is 10.3 Å². The molecule has 3 aromatic rings. The lowest BCUT2D eigenvalue weighted by molar-refractivity contribution is 0.269. The van der Waals surface area contributed by atoms with Gasteiger partial charge in [-0.2, -0.15) is 0 Å². The second-order valence-electron chi connectivity index (χ2n) is 6.52. The van der Waals surface area contributed by atoms with E-state index < -0.39 is 0 Å². The van der Waals surface area contributed by atoms with Gasteiger partial charge in [0.1, 0.15) is 13.2 Å². The molecule has 164 valence electrons. The van der Waals surface area contributed by atoms with Crippen LogP contribution in [-0.2, 0) is 13.2 Å². The second kappa shape index (κ2) is 12.0. The molecule has 0 radical (unpaired) electrons. The fraction of sp³-hybridized carbons (Fsp3) is 0.261. The topological polar surface area (TPSA) is 52.6 Å². The lowest BCUT2D eigenvalue weighted by Crippen LogP contribution is -2.20. The Bertz CT molecular complexity index is 967. The van der Waals surface area contributed by atoms with Gasteiger partial charge >= 0.3 is 0 Å². The molecule has 0 aliphatic heterocycles. The monoisotopic (exact) mass is 480 g/mol. The lowest BCUT2D eigenvalue weighted by Gasteiger charge is -2.16. The SMILES string of the molecule is CCOc1cc(CNCCOc2ccccn2)cc(Cl)c1OCc1c(Cl)cccc1Cl.